The number of likely N-dealkylation sites (N-methyl/N-ethyl adjacent to an activating group) is 2. The molecule has 20 heavy (non-hydrogen) atoms. The predicted octanol–water partition coefficient (Wildman–Crippen LogP) is 4.05. The molecule has 0 spiro atoms. The average molecular weight is 280 g/mol. The summed E-state index contributed by atoms with van der Waals surface area (Å²) in [6.45, 7) is 9.75. The fraction of sp³-hybridized carbons (Fsp3) is 1.00. The van der Waals surface area contributed by atoms with Crippen molar-refractivity contribution < 1.29 is 0 Å². The van der Waals surface area contributed by atoms with Crippen LogP contribution in [0.1, 0.15) is 72.6 Å². The first-order valence-electron chi connectivity index (χ1n) is 8.66. The van der Waals surface area contributed by atoms with E-state index in [2.05, 4.69) is 52.0 Å². The Hall–Kier alpha value is -0.0800. The van der Waals surface area contributed by atoms with Crippen molar-refractivity contribution in [1.82, 2.24) is 10.2 Å². The first kappa shape index (κ1) is 16.3. The molecule has 0 aromatic carbocycles. The van der Waals surface area contributed by atoms with Crippen LogP contribution in [0, 0.1) is 10.8 Å². The van der Waals surface area contributed by atoms with Gasteiger partial charge in [0.15, 0.2) is 0 Å². The van der Waals surface area contributed by atoms with Gasteiger partial charge in [-0.2, -0.15) is 0 Å². The van der Waals surface area contributed by atoms with Gasteiger partial charge in [-0.1, -0.05) is 34.1 Å². The minimum atomic E-state index is 0.430. The summed E-state index contributed by atoms with van der Waals surface area (Å²) in [4.78, 5) is 2.73. The molecule has 2 aliphatic carbocycles. The van der Waals surface area contributed by atoms with E-state index in [1.165, 1.54) is 44.9 Å². The van der Waals surface area contributed by atoms with Crippen LogP contribution < -0.4 is 5.32 Å². The lowest BCUT2D eigenvalue weighted by atomic mass is 9.69. The maximum Gasteiger partial charge on any atom is 0.0271 e. The van der Waals surface area contributed by atoms with Gasteiger partial charge in [0.1, 0.15) is 0 Å². The van der Waals surface area contributed by atoms with Crippen molar-refractivity contribution in [2.24, 2.45) is 10.8 Å². The van der Waals surface area contributed by atoms with Gasteiger partial charge in [0.2, 0.25) is 0 Å². The molecule has 0 saturated heterocycles. The molecule has 2 fully saturated rings. The van der Waals surface area contributed by atoms with E-state index in [-0.39, 0.29) is 0 Å². The molecule has 1 N–H and O–H groups in total. The van der Waals surface area contributed by atoms with E-state index in [1.807, 2.05) is 0 Å². The first-order chi connectivity index (χ1) is 9.27. The molecule has 0 aliphatic heterocycles. The second-order valence-corrected chi connectivity index (χ2v) is 8.78. The number of rotatable bonds is 3. The molecule has 0 bridgehead atoms. The van der Waals surface area contributed by atoms with Gasteiger partial charge < -0.3 is 5.32 Å². The molecule has 118 valence electrons. The zero-order chi connectivity index (χ0) is 15.0. The molecule has 2 unspecified atom stereocenters. The van der Waals surface area contributed by atoms with Crippen molar-refractivity contribution in [2.45, 2.75) is 90.8 Å². The Balaban J connectivity index is 2.02. The topological polar surface area (TPSA) is 15.3 Å². The zero-order valence-electron chi connectivity index (χ0n) is 14.6. The van der Waals surface area contributed by atoms with Gasteiger partial charge in [-0.15, -0.1) is 0 Å². The van der Waals surface area contributed by atoms with Crippen LogP contribution in [-0.2, 0) is 0 Å². The Kier molecular flexibility index (Phi) is 4.86. The zero-order valence-corrected chi connectivity index (χ0v) is 14.6. The van der Waals surface area contributed by atoms with E-state index in [4.69, 9.17) is 0 Å². The fourth-order valence-corrected chi connectivity index (χ4v) is 4.69. The van der Waals surface area contributed by atoms with Gasteiger partial charge in [-0.3, -0.25) is 4.90 Å². The van der Waals surface area contributed by atoms with Gasteiger partial charge in [-0.25, -0.2) is 0 Å². The average Bonchev–Trinajstić information content (AvgIpc) is 2.36. The predicted molar refractivity (Wildman–Crippen MR) is 88.1 cm³/mol. The van der Waals surface area contributed by atoms with Crippen LogP contribution >= 0.6 is 0 Å². The van der Waals surface area contributed by atoms with E-state index in [0.29, 0.717) is 16.9 Å². The van der Waals surface area contributed by atoms with Crippen molar-refractivity contribution in [3.8, 4) is 0 Å². The monoisotopic (exact) mass is 280 g/mol. The van der Waals surface area contributed by atoms with Gasteiger partial charge >= 0.3 is 0 Å². The Morgan fingerprint density at radius 1 is 0.950 bits per heavy atom. The molecule has 0 amide bonds. The molecule has 2 aliphatic rings. The molecule has 2 nitrogen and oxygen atoms in total. The summed E-state index contributed by atoms with van der Waals surface area (Å²) in [6, 6.07) is 2.16. The molecule has 2 saturated carbocycles. The Morgan fingerprint density at radius 3 is 2.10 bits per heavy atom. The molecule has 0 aromatic heterocycles. The van der Waals surface area contributed by atoms with Gasteiger partial charge in [0, 0.05) is 18.1 Å². The summed E-state index contributed by atoms with van der Waals surface area (Å²) in [5.41, 5.74) is 1.01. The summed E-state index contributed by atoms with van der Waals surface area (Å²) in [7, 11) is 4.54. The third-order valence-electron chi connectivity index (χ3n) is 6.27. The highest BCUT2D eigenvalue weighted by molar-refractivity contribution is 4.99. The summed E-state index contributed by atoms with van der Waals surface area (Å²) in [5, 5.41) is 3.64. The van der Waals surface area contributed by atoms with E-state index in [0.717, 1.165) is 12.1 Å². The van der Waals surface area contributed by atoms with E-state index < -0.39 is 0 Å². The minimum absolute atomic E-state index is 0.430. The lowest BCUT2D eigenvalue weighted by Gasteiger charge is -2.50. The third kappa shape index (κ3) is 3.39. The summed E-state index contributed by atoms with van der Waals surface area (Å²) in [6.07, 6.45) is 9.67. The van der Waals surface area contributed by atoms with E-state index >= 15 is 0 Å². The molecular formula is C18H36N2. The van der Waals surface area contributed by atoms with Crippen molar-refractivity contribution in [1.29, 1.82) is 0 Å². The standard InChI is InChI=1S/C18H36N2/c1-17(2)12-9-14(10-13-17)20(6)15-8-7-11-18(3,4)16(15)19-5/h14-16,19H,7-13H2,1-6H3. The SMILES string of the molecule is CNC1C(N(C)C2CCC(C)(C)CC2)CCCC1(C)C. The molecule has 0 radical (unpaired) electrons. The fourth-order valence-electron chi connectivity index (χ4n) is 4.69. The number of hydrogen-bond acceptors (Lipinski definition) is 2. The van der Waals surface area contributed by atoms with Crippen molar-refractivity contribution >= 4 is 0 Å². The third-order valence-corrected chi connectivity index (χ3v) is 6.27. The van der Waals surface area contributed by atoms with Crippen LogP contribution in [-0.4, -0.2) is 37.1 Å². The first-order valence-corrected chi connectivity index (χ1v) is 8.66. The molecule has 0 heterocycles. The number of nitrogens with one attached hydrogen (secondary N) is 1. The quantitative estimate of drug-likeness (QED) is 0.839. The highest BCUT2D eigenvalue weighted by Crippen LogP contribution is 2.41. The van der Waals surface area contributed by atoms with Crippen LogP contribution in [0.25, 0.3) is 0 Å². The lowest BCUT2D eigenvalue weighted by Crippen LogP contribution is -2.59. The van der Waals surface area contributed by atoms with Gasteiger partial charge in [-0.05, 0) is 63.5 Å². The van der Waals surface area contributed by atoms with Crippen molar-refractivity contribution in [2.75, 3.05) is 14.1 Å². The lowest BCUT2D eigenvalue weighted by molar-refractivity contribution is 0.0211. The van der Waals surface area contributed by atoms with Crippen molar-refractivity contribution in [3.63, 3.8) is 0 Å². The Bertz CT molecular complexity index is 311. The minimum Gasteiger partial charge on any atom is -0.315 e. The maximum atomic E-state index is 3.64. The van der Waals surface area contributed by atoms with Crippen LogP contribution in [0.2, 0.25) is 0 Å². The molecular weight excluding hydrogens is 244 g/mol. The van der Waals surface area contributed by atoms with E-state index in [1.54, 1.807) is 0 Å². The number of nitrogens with zero attached hydrogens (tertiary/aromatic N) is 1. The molecule has 2 rings (SSSR count). The smallest absolute Gasteiger partial charge is 0.0271 e. The van der Waals surface area contributed by atoms with Crippen molar-refractivity contribution in [3.05, 3.63) is 0 Å². The van der Waals surface area contributed by atoms with Gasteiger partial charge in [0.25, 0.3) is 0 Å². The summed E-state index contributed by atoms with van der Waals surface area (Å²) in [5.74, 6) is 0. The second-order valence-electron chi connectivity index (χ2n) is 8.78. The maximum absolute atomic E-state index is 3.64. The molecule has 0 aromatic rings. The highest BCUT2D eigenvalue weighted by atomic mass is 15.2. The van der Waals surface area contributed by atoms with Crippen LogP contribution in [0.3, 0.4) is 0 Å². The molecule has 2 heteroatoms. The molecule has 2 atom stereocenters. The normalized spacial score (nSPS) is 34.4. The number of hydrogen-bond donors (Lipinski definition) is 1. The van der Waals surface area contributed by atoms with Gasteiger partial charge in [0.05, 0.1) is 0 Å². The highest BCUT2D eigenvalue weighted by Gasteiger charge is 2.42. The van der Waals surface area contributed by atoms with Crippen LogP contribution in [0.15, 0.2) is 0 Å². The van der Waals surface area contributed by atoms with E-state index in [9.17, 15) is 0 Å². The summed E-state index contributed by atoms with van der Waals surface area (Å²) >= 11 is 0. The largest absolute Gasteiger partial charge is 0.315 e. The van der Waals surface area contributed by atoms with Crippen LogP contribution in [0.4, 0.5) is 0 Å². The summed E-state index contributed by atoms with van der Waals surface area (Å²) < 4.78 is 0. The Morgan fingerprint density at radius 2 is 1.55 bits per heavy atom. The second kappa shape index (κ2) is 5.96. The van der Waals surface area contributed by atoms with Crippen LogP contribution in [0.5, 0.6) is 0 Å². The Labute approximate surface area is 126 Å².